The van der Waals surface area contributed by atoms with Crippen LogP contribution in [-0.2, 0) is 4.74 Å². The molecule has 0 spiro atoms. The summed E-state index contributed by atoms with van der Waals surface area (Å²) in [5.74, 6) is 0.473. The van der Waals surface area contributed by atoms with Gasteiger partial charge in [0, 0.05) is 23.4 Å². The van der Waals surface area contributed by atoms with Crippen LogP contribution in [0.2, 0.25) is 0 Å². The van der Waals surface area contributed by atoms with Crippen molar-refractivity contribution in [2.45, 2.75) is 25.5 Å². The smallest absolute Gasteiger partial charge is 0.0701 e. The number of thiophene rings is 1. The first-order valence-corrected chi connectivity index (χ1v) is 6.42. The van der Waals surface area contributed by atoms with E-state index in [1.54, 1.807) is 11.3 Å². The molecule has 1 aliphatic rings. The predicted molar refractivity (Wildman–Crippen MR) is 62.5 cm³/mol. The lowest BCUT2D eigenvalue weighted by molar-refractivity contribution is 0.0998. The van der Waals surface area contributed by atoms with Crippen LogP contribution >= 0.6 is 27.3 Å². The highest BCUT2D eigenvalue weighted by Gasteiger charge is 2.31. The Hall–Kier alpha value is 0.1000. The molecule has 1 aromatic heterocycles. The van der Waals surface area contributed by atoms with Crippen molar-refractivity contribution in [3.8, 4) is 0 Å². The highest BCUT2D eigenvalue weighted by Crippen LogP contribution is 2.35. The SMILES string of the molecule is CC1OCCC1C(N)c1ccc(Br)s1. The lowest BCUT2D eigenvalue weighted by Gasteiger charge is -2.20. The van der Waals surface area contributed by atoms with Crippen molar-refractivity contribution in [1.29, 1.82) is 0 Å². The fraction of sp³-hybridized carbons (Fsp3) is 0.600. The van der Waals surface area contributed by atoms with Gasteiger partial charge in [0.15, 0.2) is 0 Å². The molecule has 1 aromatic rings. The molecule has 1 saturated heterocycles. The van der Waals surface area contributed by atoms with Gasteiger partial charge < -0.3 is 10.5 Å². The van der Waals surface area contributed by atoms with Crippen molar-refractivity contribution < 1.29 is 4.74 Å². The summed E-state index contributed by atoms with van der Waals surface area (Å²) in [6.07, 6.45) is 1.38. The molecule has 2 heterocycles. The second-order valence-electron chi connectivity index (χ2n) is 3.70. The summed E-state index contributed by atoms with van der Waals surface area (Å²) in [6.45, 7) is 2.96. The third-order valence-electron chi connectivity index (χ3n) is 2.82. The first-order valence-electron chi connectivity index (χ1n) is 4.81. The molecule has 2 nitrogen and oxygen atoms in total. The van der Waals surface area contributed by atoms with Gasteiger partial charge in [-0.1, -0.05) is 0 Å². The van der Waals surface area contributed by atoms with E-state index in [1.165, 1.54) is 4.88 Å². The maximum atomic E-state index is 6.21. The van der Waals surface area contributed by atoms with E-state index in [2.05, 4.69) is 35.0 Å². The van der Waals surface area contributed by atoms with E-state index < -0.39 is 0 Å². The van der Waals surface area contributed by atoms with Gasteiger partial charge in [-0.05, 0) is 41.4 Å². The van der Waals surface area contributed by atoms with Gasteiger partial charge in [-0.2, -0.15) is 0 Å². The van der Waals surface area contributed by atoms with Crippen LogP contribution in [-0.4, -0.2) is 12.7 Å². The van der Waals surface area contributed by atoms with Crippen LogP contribution in [0.15, 0.2) is 15.9 Å². The van der Waals surface area contributed by atoms with E-state index in [9.17, 15) is 0 Å². The molecule has 14 heavy (non-hydrogen) atoms. The van der Waals surface area contributed by atoms with Gasteiger partial charge in [0.2, 0.25) is 0 Å². The first-order chi connectivity index (χ1) is 6.68. The average molecular weight is 276 g/mol. The zero-order valence-electron chi connectivity index (χ0n) is 8.07. The summed E-state index contributed by atoms with van der Waals surface area (Å²) in [6, 6.07) is 4.29. The van der Waals surface area contributed by atoms with Gasteiger partial charge in [0.25, 0.3) is 0 Å². The van der Waals surface area contributed by atoms with E-state index >= 15 is 0 Å². The average Bonchev–Trinajstić information content (AvgIpc) is 2.73. The Balaban J connectivity index is 2.11. The number of nitrogens with two attached hydrogens (primary N) is 1. The highest BCUT2D eigenvalue weighted by molar-refractivity contribution is 9.11. The van der Waals surface area contributed by atoms with Crippen molar-refractivity contribution in [3.05, 3.63) is 20.8 Å². The van der Waals surface area contributed by atoms with E-state index in [-0.39, 0.29) is 6.04 Å². The van der Waals surface area contributed by atoms with E-state index in [0.717, 1.165) is 16.8 Å². The summed E-state index contributed by atoms with van der Waals surface area (Å²) in [7, 11) is 0. The molecule has 0 saturated carbocycles. The van der Waals surface area contributed by atoms with Crippen molar-refractivity contribution in [3.63, 3.8) is 0 Å². The second kappa shape index (κ2) is 4.31. The van der Waals surface area contributed by atoms with Crippen molar-refractivity contribution >= 4 is 27.3 Å². The Morgan fingerprint density at radius 3 is 2.93 bits per heavy atom. The molecule has 2 N–H and O–H groups in total. The molecular formula is C10H14BrNOS. The maximum Gasteiger partial charge on any atom is 0.0701 e. The van der Waals surface area contributed by atoms with Crippen LogP contribution < -0.4 is 5.73 Å². The zero-order valence-corrected chi connectivity index (χ0v) is 10.5. The fourth-order valence-corrected chi connectivity index (χ4v) is 3.44. The largest absolute Gasteiger partial charge is 0.378 e. The second-order valence-corrected chi connectivity index (χ2v) is 6.19. The lowest BCUT2D eigenvalue weighted by Crippen LogP contribution is -2.25. The quantitative estimate of drug-likeness (QED) is 0.901. The van der Waals surface area contributed by atoms with Crippen LogP contribution in [0.5, 0.6) is 0 Å². The van der Waals surface area contributed by atoms with Crippen LogP contribution in [0.1, 0.15) is 24.3 Å². The van der Waals surface area contributed by atoms with Crippen molar-refractivity contribution in [1.82, 2.24) is 0 Å². The molecule has 0 aliphatic carbocycles. The van der Waals surface area contributed by atoms with Crippen LogP contribution in [0, 0.1) is 5.92 Å². The minimum atomic E-state index is 0.129. The zero-order chi connectivity index (χ0) is 10.1. The maximum absolute atomic E-state index is 6.21. The normalized spacial score (nSPS) is 29.4. The van der Waals surface area contributed by atoms with Gasteiger partial charge in [-0.25, -0.2) is 0 Å². The Bertz CT molecular complexity index is 315. The molecular weight excluding hydrogens is 262 g/mol. The summed E-state index contributed by atoms with van der Waals surface area (Å²) < 4.78 is 6.68. The highest BCUT2D eigenvalue weighted by atomic mass is 79.9. The van der Waals surface area contributed by atoms with Gasteiger partial charge in [0.05, 0.1) is 9.89 Å². The van der Waals surface area contributed by atoms with E-state index in [4.69, 9.17) is 10.5 Å². The Morgan fingerprint density at radius 1 is 1.64 bits per heavy atom. The standard InChI is InChI=1S/C10H14BrNOS/c1-6-7(4-5-13-6)10(12)8-2-3-9(11)14-8/h2-3,6-7,10H,4-5,12H2,1H3. The van der Waals surface area contributed by atoms with Crippen LogP contribution in [0.25, 0.3) is 0 Å². The molecule has 0 amide bonds. The monoisotopic (exact) mass is 275 g/mol. The summed E-state index contributed by atoms with van der Waals surface area (Å²) in [5.41, 5.74) is 6.21. The third kappa shape index (κ3) is 2.03. The van der Waals surface area contributed by atoms with Crippen LogP contribution in [0.4, 0.5) is 0 Å². The summed E-state index contributed by atoms with van der Waals surface area (Å²) >= 11 is 5.18. The van der Waals surface area contributed by atoms with Gasteiger partial charge in [0.1, 0.15) is 0 Å². The first kappa shape index (κ1) is 10.6. The van der Waals surface area contributed by atoms with E-state index in [0.29, 0.717) is 12.0 Å². The molecule has 3 unspecified atom stereocenters. The molecule has 0 bridgehead atoms. The molecule has 0 aromatic carbocycles. The molecule has 78 valence electrons. The lowest BCUT2D eigenvalue weighted by atomic mass is 9.93. The number of ether oxygens (including phenoxy) is 1. The topological polar surface area (TPSA) is 35.2 Å². The van der Waals surface area contributed by atoms with Crippen molar-refractivity contribution in [2.24, 2.45) is 11.7 Å². The number of hydrogen-bond donors (Lipinski definition) is 1. The predicted octanol–water partition coefficient (Wildman–Crippen LogP) is 2.94. The number of halogens is 1. The van der Waals surface area contributed by atoms with Gasteiger partial charge in [-0.15, -0.1) is 11.3 Å². The minimum absolute atomic E-state index is 0.129. The van der Waals surface area contributed by atoms with Crippen LogP contribution in [0.3, 0.4) is 0 Å². The Morgan fingerprint density at radius 2 is 2.43 bits per heavy atom. The number of rotatable bonds is 2. The molecule has 2 rings (SSSR count). The van der Waals surface area contributed by atoms with Gasteiger partial charge >= 0.3 is 0 Å². The minimum Gasteiger partial charge on any atom is -0.378 e. The Labute approximate surface area is 96.6 Å². The Kier molecular flexibility index (Phi) is 3.27. The number of hydrogen-bond acceptors (Lipinski definition) is 3. The molecule has 1 aliphatic heterocycles. The fourth-order valence-electron chi connectivity index (χ4n) is 1.94. The van der Waals surface area contributed by atoms with Crippen molar-refractivity contribution in [2.75, 3.05) is 6.61 Å². The third-order valence-corrected chi connectivity index (χ3v) is 4.54. The van der Waals surface area contributed by atoms with Gasteiger partial charge in [-0.3, -0.25) is 0 Å². The molecule has 3 atom stereocenters. The molecule has 0 radical (unpaired) electrons. The van der Waals surface area contributed by atoms with E-state index in [1.807, 2.05) is 0 Å². The molecule has 1 fully saturated rings. The summed E-state index contributed by atoms with van der Waals surface area (Å²) in [5, 5.41) is 0. The summed E-state index contributed by atoms with van der Waals surface area (Å²) in [4.78, 5) is 1.25. The molecule has 4 heteroatoms.